The third-order valence-corrected chi connectivity index (χ3v) is 3.84. The lowest BCUT2D eigenvalue weighted by Gasteiger charge is -2.10. The van der Waals surface area contributed by atoms with Crippen molar-refractivity contribution in [2.75, 3.05) is 11.9 Å². The quantitative estimate of drug-likeness (QED) is 0.874. The first-order valence-electron chi connectivity index (χ1n) is 6.78. The number of para-hydroxylation sites is 1. The van der Waals surface area contributed by atoms with Crippen molar-refractivity contribution in [3.8, 4) is 0 Å². The van der Waals surface area contributed by atoms with E-state index in [1.807, 2.05) is 18.2 Å². The number of aryl methyl sites for hydroxylation is 2. The second-order valence-electron chi connectivity index (χ2n) is 4.46. The van der Waals surface area contributed by atoms with E-state index < -0.39 is 0 Å². The van der Waals surface area contributed by atoms with Gasteiger partial charge in [-0.1, -0.05) is 26.0 Å². The van der Waals surface area contributed by atoms with Crippen LogP contribution in [-0.2, 0) is 19.4 Å². The first-order valence-corrected chi connectivity index (χ1v) is 7.57. The van der Waals surface area contributed by atoms with Crippen molar-refractivity contribution >= 4 is 21.6 Å². The van der Waals surface area contributed by atoms with E-state index in [-0.39, 0.29) is 0 Å². The highest BCUT2D eigenvalue weighted by atomic mass is 79.9. The highest BCUT2D eigenvalue weighted by molar-refractivity contribution is 9.10. The summed E-state index contributed by atoms with van der Waals surface area (Å²) >= 11 is 3.54. The van der Waals surface area contributed by atoms with Gasteiger partial charge in [0.25, 0.3) is 0 Å². The number of hydrogen-bond donors (Lipinski definition) is 1. The van der Waals surface area contributed by atoms with Crippen LogP contribution in [0, 0.1) is 0 Å². The first kappa shape index (κ1) is 14.1. The standard InChI is InChI=1S/C15H20BrN3/c1-3-12-11-13(4-2)19(18-12)10-9-17-15-8-6-5-7-14(15)16/h5-8,11,17H,3-4,9-10H2,1-2H3. The molecule has 0 saturated heterocycles. The number of nitrogens with zero attached hydrogens (tertiary/aromatic N) is 2. The van der Waals surface area contributed by atoms with Crippen molar-refractivity contribution in [1.29, 1.82) is 0 Å². The summed E-state index contributed by atoms with van der Waals surface area (Å²) in [6.07, 6.45) is 2.03. The predicted molar refractivity (Wildman–Crippen MR) is 83.6 cm³/mol. The summed E-state index contributed by atoms with van der Waals surface area (Å²) in [5.74, 6) is 0. The molecule has 0 spiro atoms. The maximum absolute atomic E-state index is 4.62. The number of rotatable bonds is 6. The predicted octanol–water partition coefficient (Wildman–Crippen LogP) is 3.88. The lowest BCUT2D eigenvalue weighted by Crippen LogP contribution is -2.14. The molecule has 0 amide bonds. The van der Waals surface area contributed by atoms with Crippen LogP contribution in [0.15, 0.2) is 34.8 Å². The molecule has 0 bridgehead atoms. The molecule has 0 aliphatic rings. The lowest BCUT2D eigenvalue weighted by molar-refractivity contribution is 0.600. The molecule has 2 aromatic rings. The van der Waals surface area contributed by atoms with E-state index in [4.69, 9.17) is 0 Å². The van der Waals surface area contributed by atoms with Crippen LogP contribution in [0.25, 0.3) is 0 Å². The summed E-state index contributed by atoms with van der Waals surface area (Å²) in [5.41, 5.74) is 3.62. The maximum atomic E-state index is 4.62. The van der Waals surface area contributed by atoms with E-state index in [0.717, 1.165) is 36.1 Å². The number of benzene rings is 1. The number of aromatic nitrogens is 2. The van der Waals surface area contributed by atoms with Gasteiger partial charge in [0.1, 0.15) is 0 Å². The average molecular weight is 322 g/mol. The fourth-order valence-electron chi connectivity index (χ4n) is 2.07. The van der Waals surface area contributed by atoms with Gasteiger partial charge in [-0.25, -0.2) is 0 Å². The minimum absolute atomic E-state index is 0.875. The number of nitrogens with one attached hydrogen (secondary N) is 1. The van der Waals surface area contributed by atoms with Gasteiger partial charge in [-0.3, -0.25) is 4.68 Å². The van der Waals surface area contributed by atoms with Crippen LogP contribution < -0.4 is 5.32 Å². The lowest BCUT2D eigenvalue weighted by atomic mass is 10.2. The monoisotopic (exact) mass is 321 g/mol. The van der Waals surface area contributed by atoms with Crippen molar-refractivity contribution in [3.63, 3.8) is 0 Å². The van der Waals surface area contributed by atoms with E-state index in [0.29, 0.717) is 0 Å². The Balaban J connectivity index is 1.96. The van der Waals surface area contributed by atoms with Crippen LogP contribution in [-0.4, -0.2) is 16.3 Å². The Morgan fingerprint density at radius 1 is 1.21 bits per heavy atom. The van der Waals surface area contributed by atoms with Gasteiger partial charge in [0.2, 0.25) is 0 Å². The van der Waals surface area contributed by atoms with Crippen LogP contribution in [0.1, 0.15) is 25.2 Å². The van der Waals surface area contributed by atoms with Gasteiger partial charge in [-0.2, -0.15) is 5.10 Å². The molecule has 3 nitrogen and oxygen atoms in total. The van der Waals surface area contributed by atoms with E-state index in [9.17, 15) is 0 Å². The Morgan fingerprint density at radius 3 is 2.68 bits per heavy atom. The number of hydrogen-bond acceptors (Lipinski definition) is 2. The minimum atomic E-state index is 0.875. The Hall–Kier alpha value is -1.29. The normalized spacial score (nSPS) is 10.7. The molecule has 0 aliphatic carbocycles. The molecule has 102 valence electrons. The van der Waals surface area contributed by atoms with Crippen LogP contribution in [0.3, 0.4) is 0 Å². The first-order chi connectivity index (χ1) is 9.24. The molecule has 2 rings (SSSR count). The summed E-state index contributed by atoms with van der Waals surface area (Å²) in [4.78, 5) is 0. The van der Waals surface area contributed by atoms with Crippen LogP contribution in [0.5, 0.6) is 0 Å². The summed E-state index contributed by atoms with van der Waals surface area (Å²) in [7, 11) is 0. The molecule has 4 heteroatoms. The third kappa shape index (κ3) is 3.60. The van der Waals surface area contributed by atoms with Gasteiger partial charge in [0.15, 0.2) is 0 Å². The Labute approximate surface area is 123 Å². The molecule has 1 aromatic heterocycles. The van der Waals surface area contributed by atoms with Crippen molar-refractivity contribution < 1.29 is 0 Å². The molecule has 1 aromatic carbocycles. The summed E-state index contributed by atoms with van der Waals surface area (Å²) in [6.45, 7) is 6.09. The van der Waals surface area contributed by atoms with Crippen LogP contribution >= 0.6 is 15.9 Å². The number of anilines is 1. The van der Waals surface area contributed by atoms with Gasteiger partial charge in [-0.05, 0) is 47.0 Å². The zero-order valence-corrected chi connectivity index (χ0v) is 13.1. The summed E-state index contributed by atoms with van der Waals surface area (Å²) < 4.78 is 3.21. The van der Waals surface area contributed by atoms with Gasteiger partial charge in [-0.15, -0.1) is 0 Å². The maximum Gasteiger partial charge on any atom is 0.0624 e. The van der Waals surface area contributed by atoms with Gasteiger partial charge < -0.3 is 5.32 Å². The molecule has 0 aliphatic heterocycles. The SMILES string of the molecule is CCc1cc(CC)n(CCNc2ccccc2Br)n1. The van der Waals surface area contributed by atoms with Crippen molar-refractivity contribution in [3.05, 3.63) is 46.2 Å². The molecule has 0 atom stereocenters. The van der Waals surface area contributed by atoms with Crippen LogP contribution in [0.2, 0.25) is 0 Å². The molecule has 19 heavy (non-hydrogen) atoms. The smallest absolute Gasteiger partial charge is 0.0624 e. The minimum Gasteiger partial charge on any atom is -0.382 e. The molecule has 1 N–H and O–H groups in total. The van der Waals surface area contributed by atoms with Crippen molar-refractivity contribution in [1.82, 2.24) is 9.78 Å². The number of halogens is 1. The Bertz CT molecular complexity index is 534. The third-order valence-electron chi connectivity index (χ3n) is 3.15. The Morgan fingerprint density at radius 2 is 2.00 bits per heavy atom. The second-order valence-corrected chi connectivity index (χ2v) is 5.32. The van der Waals surface area contributed by atoms with E-state index in [1.165, 1.54) is 11.4 Å². The zero-order chi connectivity index (χ0) is 13.7. The topological polar surface area (TPSA) is 29.9 Å². The van der Waals surface area contributed by atoms with Crippen LogP contribution in [0.4, 0.5) is 5.69 Å². The largest absolute Gasteiger partial charge is 0.382 e. The van der Waals surface area contributed by atoms with Gasteiger partial charge >= 0.3 is 0 Å². The molecule has 0 radical (unpaired) electrons. The molecule has 1 heterocycles. The zero-order valence-electron chi connectivity index (χ0n) is 11.5. The molecule has 0 saturated carbocycles. The highest BCUT2D eigenvalue weighted by Crippen LogP contribution is 2.20. The van der Waals surface area contributed by atoms with E-state index in [2.05, 4.69) is 57.0 Å². The second kappa shape index (κ2) is 6.75. The molecule has 0 unspecified atom stereocenters. The molecular formula is C15H20BrN3. The van der Waals surface area contributed by atoms with Crippen molar-refractivity contribution in [2.45, 2.75) is 33.2 Å². The Kier molecular flexibility index (Phi) is 5.02. The molecule has 0 fully saturated rings. The van der Waals surface area contributed by atoms with Gasteiger partial charge in [0.05, 0.1) is 12.2 Å². The van der Waals surface area contributed by atoms with Gasteiger partial charge in [0, 0.05) is 22.4 Å². The van der Waals surface area contributed by atoms with E-state index >= 15 is 0 Å². The molecular weight excluding hydrogens is 302 g/mol. The summed E-state index contributed by atoms with van der Waals surface area (Å²) in [5, 5.41) is 8.05. The fourth-order valence-corrected chi connectivity index (χ4v) is 2.49. The van der Waals surface area contributed by atoms with Crippen molar-refractivity contribution in [2.24, 2.45) is 0 Å². The highest BCUT2D eigenvalue weighted by Gasteiger charge is 2.05. The fraction of sp³-hybridized carbons (Fsp3) is 0.400. The summed E-state index contributed by atoms with van der Waals surface area (Å²) in [6, 6.07) is 10.4. The van der Waals surface area contributed by atoms with E-state index in [1.54, 1.807) is 0 Å². The average Bonchev–Trinajstić information content (AvgIpc) is 2.83.